The summed E-state index contributed by atoms with van der Waals surface area (Å²) < 4.78 is 4.66. The molecule has 8 aromatic carbocycles. The zero-order valence-corrected chi connectivity index (χ0v) is 36.0. The molecule has 0 N–H and O–H groups in total. The van der Waals surface area contributed by atoms with Crippen molar-refractivity contribution in [3.8, 4) is 89.0 Å². The van der Waals surface area contributed by atoms with E-state index >= 15 is 0 Å². The summed E-state index contributed by atoms with van der Waals surface area (Å²) in [5, 5.41) is 0. The fraction of sp³-hybridized carbons (Fsp3) is 0.0645. The lowest BCUT2D eigenvalue weighted by atomic mass is 9.85. The number of hydrogen-bond acceptors (Lipinski definition) is 0. The molecule has 0 saturated carbocycles. The van der Waals surface area contributed by atoms with Gasteiger partial charge in [0.1, 0.15) is 13.1 Å². The molecular weight excluding hydrogens is 773 g/mol. The van der Waals surface area contributed by atoms with Crippen LogP contribution in [-0.4, -0.2) is 0 Å². The van der Waals surface area contributed by atoms with Gasteiger partial charge in [-0.25, -0.2) is 9.13 Å². The Kier molecular flexibility index (Phi) is 11.9. The third-order valence-corrected chi connectivity index (χ3v) is 12.3. The van der Waals surface area contributed by atoms with E-state index in [1.54, 1.807) is 0 Å². The van der Waals surface area contributed by atoms with E-state index in [4.69, 9.17) is 0 Å². The van der Waals surface area contributed by atoms with E-state index in [0.717, 1.165) is 25.9 Å². The Morgan fingerprint density at radius 1 is 0.219 bits per heavy atom. The Morgan fingerprint density at radius 3 is 0.703 bits per heavy atom. The quantitative estimate of drug-likeness (QED) is 0.0808. The molecule has 0 amide bonds. The minimum Gasteiger partial charge on any atom is -0.205 e. The van der Waals surface area contributed by atoms with E-state index in [2.05, 4.69) is 264 Å². The molecule has 2 heteroatoms. The predicted molar refractivity (Wildman–Crippen MR) is 266 cm³/mol. The molecule has 10 aromatic rings. The smallest absolute Gasteiger partial charge is 0.169 e. The standard InChI is InChI=1S/C62H50N2/c1-7-21-47(22-8-1)55-43-57(49-25-11-3-12-26-49)61(58(44-55)50-27-13-4-14-28-50)53-33-39-63(40-34-53)37-19-20-38-64-41-35-54(36-42-64)62-59(51-29-15-5-16-30-51)45-56(48-23-9-2-10-24-48)46-60(62)52-31-17-6-18-32-52/h1-18,21-36,39-46H,19-20,37-38H2/q+2. The van der Waals surface area contributed by atoms with Gasteiger partial charge in [-0.3, -0.25) is 0 Å². The van der Waals surface area contributed by atoms with Gasteiger partial charge in [0.15, 0.2) is 24.8 Å². The molecule has 2 heterocycles. The van der Waals surface area contributed by atoms with Crippen LogP contribution < -0.4 is 9.13 Å². The van der Waals surface area contributed by atoms with Crippen molar-refractivity contribution in [2.75, 3.05) is 0 Å². The maximum Gasteiger partial charge on any atom is 0.169 e. The minimum atomic E-state index is 0.956. The maximum absolute atomic E-state index is 2.36. The van der Waals surface area contributed by atoms with Crippen molar-refractivity contribution in [2.45, 2.75) is 25.9 Å². The molecule has 10 rings (SSSR count). The fourth-order valence-corrected chi connectivity index (χ4v) is 9.02. The van der Waals surface area contributed by atoms with E-state index in [1.165, 1.54) is 89.0 Å². The lowest BCUT2D eigenvalue weighted by Gasteiger charge is -2.19. The van der Waals surface area contributed by atoms with Crippen molar-refractivity contribution in [2.24, 2.45) is 0 Å². The second kappa shape index (κ2) is 19.0. The molecular formula is C62H50N2+2. The van der Waals surface area contributed by atoms with Gasteiger partial charge in [0.05, 0.1) is 0 Å². The molecule has 0 spiro atoms. The first-order valence-electron chi connectivity index (χ1n) is 22.4. The van der Waals surface area contributed by atoms with Crippen LogP contribution in [0.3, 0.4) is 0 Å². The highest BCUT2D eigenvalue weighted by Gasteiger charge is 2.20. The number of hydrogen-bond donors (Lipinski definition) is 0. The van der Waals surface area contributed by atoms with E-state index in [0.29, 0.717) is 0 Å². The van der Waals surface area contributed by atoms with E-state index < -0.39 is 0 Å². The first-order valence-corrected chi connectivity index (χ1v) is 22.4. The van der Waals surface area contributed by atoms with E-state index in [1.807, 2.05) is 0 Å². The summed E-state index contributed by atoms with van der Waals surface area (Å²) in [4.78, 5) is 0. The molecule has 0 aliphatic heterocycles. The lowest BCUT2D eigenvalue weighted by Crippen LogP contribution is -2.35. The van der Waals surface area contributed by atoms with Crippen molar-refractivity contribution < 1.29 is 9.13 Å². The van der Waals surface area contributed by atoms with E-state index in [9.17, 15) is 0 Å². The molecule has 64 heavy (non-hydrogen) atoms. The number of rotatable bonds is 13. The van der Waals surface area contributed by atoms with Crippen LogP contribution in [0.1, 0.15) is 12.8 Å². The summed E-state index contributed by atoms with van der Waals surface area (Å²) in [6.07, 6.45) is 11.2. The van der Waals surface area contributed by atoms with Gasteiger partial charge < -0.3 is 0 Å². The van der Waals surface area contributed by atoms with Gasteiger partial charge in [-0.15, -0.1) is 0 Å². The number of aryl methyl sites for hydroxylation is 2. The fourth-order valence-electron chi connectivity index (χ4n) is 9.02. The number of aromatic nitrogens is 2. The van der Waals surface area contributed by atoms with Gasteiger partial charge >= 0.3 is 0 Å². The molecule has 306 valence electrons. The Hall–Kier alpha value is -7.94. The van der Waals surface area contributed by atoms with Crippen LogP contribution in [0.25, 0.3) is 89.0 Å². The van der Waals surface area contributed by atoms with Crippen LogP contribution in [0, 0.1) is 0 Å². The van der Waals surface area contributed by atoms with Crippen molar-refractivity contribution >= 4 is 0 Å². The monoisotopic (exact) mass is 822 g/mol. The van der Waals surface area contributed by atoms with Crippen molar-refractivity contribution in [1.29, 1.82) is 0 Å². The summed E-state index contributed by atoms with van der Waals surface area (Å²) in [7, 11) is 0. The van der Waals surface area contributed by atoms with Crippen LogP contribution in [0.2, 0.25) is 0 Å². The zero-order chi connectivity index (χ0) is 42.9. The second-order valence-electron chi connectivity index (χ2n) is 16.4. The highest BCUT2D eigenvalue weighted by molar-refractivity contribution is 5.99. The Labute approximate surface area is 377 Å². The molecule has 0 atom stereocenters. The van der Waals surface area contributed by atoms with Crippen LogP contribution in [0.5, 0.6) is 0 Å². The van der Waals surface area contributed by atoms with Gasteiger partial charge in [-0.2, -0.15) is 0 Å². The van der Waals surface area contributed by atoms with Gasteiger partial charge in [0.25, 0.3) is 0 Å². The minimum absolute atomic E-state index is 0.956. The zero-order valence-electron chi connectivity index (χ0n) is 36.0. The number of unbranched alkanes of at least 4 members (excludes halogenated alkanes) is 1. The molecule has 0 saturated heterocycles. The van der Waals surface area contributed by atoms with Crippen LogP contribution in [0.4, 0.5) is 0 Å². The van der Waals surface area contributed by atoms with Gasteiger partial charge in [-0.05, 0) is 113 Å². The number of pyridine rings is 2. The summed E-state index contributed by atoms with van der Waals surface area (Å²) in [5.74, 6) is 0. The van der Waals surface area contributed by atoms with Crippen LogP contribution in [-0.2, 0) is 13.1 Å². The van der Waals surface area contributed by atoms with Crippen molar-refractivity contribution in [1.82, 2.24) is 0 Å². The maximum atomic E-state index is 2.36. The SMILES string of the molecule is c1ccc(-c2cc(-c3ccccc3)c(-c3cc[n+](CCCC[n+]4ccc(-c5c(-c6ccccc6)cc(-c6ccccc6)cc5-c5ccccc5)cc4)cc3)c(-c3ccccc3)c2)cc1. The molecule has 0 unspecified atom stereocenters. The average molecular weight is 823 g/mol. The first-order chi connectivity index (χ1) is 31.7. The van der Waals surface area contributed by atoms with Crippen molar-refractivity contribution in [3.63, 3.8) is 0 Å². The van der Waals surface area contributed by atoms with E-state index in [-0.39, 0.29) is 0 Å². The summed E-state index contributed by atoms with van der Waals surface area (Å²) >= 11 is 0. The highest BCUT2D eigenvalue weighted by Crippen LogP contribution is 2.44. The summed E-state index contributed by atoms with van der Waals surface area (Å²) in [5.41, 5.74) is 19.6. The molecule has 0 bridgehead atoms. The first kappa shape index (κ1) is 40.2. The average Bonchev–Trinajstić information content (AvgIpc) is 3.39. The Bertz CT molecular complexity index is 2740. The van der Waals surface area contributed by atoms with Crippen molar-refractivity contribution in [3.05, 3.63) is 255 Å². The lowest BCUT2D eigenvalue weighted by molar-refractivity contribution is -0.708. The molecule has 0 aliphatic carbocycles. The van der Waals surface area contributed by atoms with Crippen LogP contribution >= 0.6 is 0 Å². The van der Waals surface area contributed by atoms with Gasteiger partial charge in [-0.1, -0.05) is 182 Å². The second-order valence-corrected chi connectivity index (χ2v) is 16.4. The normalized spacial score (nSPS) is 11.1. The molecule has 0 fully saturated rings. The van der Waals surface area contributed by atoms with Crippen LogP contribution in [0.15, 0.2) is 255 Å². The van der Waals surface area contributed by atoms with Gasteiger partial charge in [0.2, 0.25) is 0 Å². The topological polar surface area (TPSA) is 7.76 Å². The molecule has 2 aromatic heterocycles. The Balaban J connectivity index is 0.894. The summed E-state index contributed by atoms with van der Waals surface area (Å²) in [6.45, 7) is 1.91. The number of benzene rings is 8. The largest absolute Gasteiger partial charge is 0.205 e. The molecule has 0 aliphatic rings. The summed E-state index contributed by atoms with van der Waals surface area (Å²) in [6, 6.07) is 83.4. The third kappa shape index (κ3) is 8.86. The molecule has 2 nitrogen and oxygen atoms in total. The predicted octanol–water partition coefficient (Wildman–Crippen LogP) is 15.1. The Morgan fingerprint density at radius 2 is 0.453 bits per heavy atom. The van der Waals surface area contributed by atoms with Gasteiger partial charge in [0, 0.05) is 37.1 Å². The highest BCUT2D eigenvalue weighted by atomic mass is 14.9. The molecule has 0 radical (unpaired) electrons. The third-order valence-electron chi connectivity index (χ3n) is 12.3. The number of nitrogens with zero attached hydrogens (tertiary/aromatic N) is 2.